The average Bonchev–Trinajstić information content (AvgIpc) is 3.03. The normalized spacial score (nSPS) is 15.6. The Bertz CT molecular complexity index is 1330. The van der Waals surface area contributed by atoms with Gasteiger partial charge in [-0.1, -0.05) is 30.3 Å². The number of benzodiazepines with no additional fused rings is 1. The summed E-state index contributed by atoms with van der Waals surface area (Å²) in [5, 5.41) is 8.39. The number of nitrogens with zero attached hydrogens (tertiary/aromatic N) is 3. The second kappa shape index (κ2) is 11.4. The number of aromatic nitrogens is 1. The number of hydrogen-bond acceptors (Lipinski definition) is 7. The number of hydrogen-bond donors (Lipinski definition) is 3. The van der Waals surface area contributed by atoms with Gasteiger partial charge in [-0.05, 0) is 43.3 Å². The standard InChI is InChI=1S/C27H28N6O4/c1-17(37-3)23(34)16-33-22-13-5-4-11-20(22)24(21-12-6-7-14-29-21)31-25(26(33)35)32-27(36)30-19-10-8-9-18(15-19)28-2/h4-15,17,25,28H,16H2,1-3H3,(H2,30,32,36)/t17-,25+/m1/s1. The number of Topliss-reactive ketones (excluding diaryl/α,β-unsaturated/α-hetero) is 1. The van der Waals surface area contributed by atoms with E-state index in [0.717, 1.165) is 5.69 Å². The molecule has 190 valence electrons. The summed E-state index contributed by atoms with van der Waals surface area (Å²) in [6, 6.07) is 19.0. The summed E-state index contributed by atoms with van der Waals surface area (Å²) in [6.45, 7) is 1.37. The van der Waals surface area contributed by atoms with Crippen LogP contribution in [0.5, 0.6) is 0 Å². The molecular formula is C27H28N6O4. The van der Waals surface area contributed by atoms with Crippen molar-refractivity contribution in [2.45, 2.75) is 19.2 Å². The van der Waals surface area contributed by atoms with E-state index in [1.54, 1.807) is 68.7 Å². The molecule has 2 aromatic carbocycles. The second-order valence-electron chi connectivity index (χ2n) is 8.31. The first kappa shape index (κ1) is 25.5. The van der Waals surface area contributed by atoms with E-state index in [0.29, 0.717) is 28.3 Å². The van der Waals surface area contributed by atoms with Crippen molar-refractivity contribution in [2.24, 2.45) is 4.99 Å². The molecule has 10 nitrogen and oxygen atoms in total. The fraction of sp³-hybridized carbons (Fsp3) is 0.222. The highest BCUT2D eigenvalue weighted by molar-refractivity contribution is 6.20. The molecule has 10 heteroatoms. The highest BCUT2D eigenvalue weighted by Crippen LogP contribution is 2.28. The van der Waals surface area contributed by atoms with Gasteiger partial charge in [0.2, 0.25) is 6.17 Å². The van der Waals surface area contributed by atoms with Gasteiger partial charge in [0.15, 0.2) is 5.78 Å². The van der Waals surface area contributed by atoms with E-state index >= 15 is 0 Å². The number of carbonyl (C=O) groups excluding carboxylic acids is 3. The Hall–Kier alpha value is -4.57. The van der Waals surface area contributed by atoms with Crippen LogP contribution in [0.3, 0.4) is 0 Å². The third kappa shape index (κ3) is 5.81. The quantitative estimate of drug-likeness (QED) is 0.437. The molecule has 0 spiro atoms. The van der Waals surface area contributed by atoms with Gasteiger partial charge in [0.05, 0.1) is 23.6 Å². The number of urea groups is 1. The Labute approximate surface area is 214 Å². The van der Waals surface area contributed by atoms with Gasteiger partial charge in [0.1, 0.15) is 6.10 Å². The number of ketones is 1. The van der Waals surface area contributed by atoms with Crippen LogP contribution >= 0.6 is 0 Å². The molecule has 37 heavy (non-hydrogen) atoms. The van der Waals surface area contributed by atoms with Gasteiger partial charge in [0.25, 0.3) is 5.91 Å². The van der Waals surface area contributed by atoms with E-state index < -0.39 is 24.2 Å². The van der Waals surface area contributed by atoms with Gasteiger partial charge >= 0.3 is 6.03 Å². The van der Waals surface area contributed by atoms with Gasteiger partial charge in [-0.15, -0.1) is 0 Å². The van der Waals surface area contributed by atoms with Crippen LogP contribution in [0.1, 0.15) is 18.2 Å². The number of ether oxygens (including phenoxy) is 1. The van der Waals surface area contributed by atoms with E-state index in [1.807, 2.05) is 18.2 Å². The van der Waals surface area contributed by atoms with E-state index in [9.17, 15) is 14.4 Å². The largest absolute Gasteiger partial charge is 0.388 e. The molecular weight excluding hydrogens is 472 g/mol. The fourth-order valence-corrected chi connectivity index (χ4v) is 3.85. The van der Waals surface area contributed by atoms with Crippen molar-refractivity contribution in [3.05, 3.63) is 84.2 Å². The Morgan fingerprint density at radius 2 is 1.81 bits per heavy atom. The molecule has 4 rings (SSSR count). The number of fused-ring (bicyclic) bond motifs is 1. The van der Waals surface area contributed by atoms with E-state index in [1.165, 1.54) is 12.0 Å². The maximum absolute atomic E-state index is 13.8. The number of methoxy groups -OCH3 is 1. The van der Waals surface area contributed by atoms with Crippen molar-refractivity contribution in [1.29, 1.82) is 0 Å². The Balaban J connectivity index is 1.73. The van der Waals surface area contributed by atoms with Crippen LogP contribution in [-0.2, 0) is 14.3 Å². The monoisotopic (exact) mass is 500 g/mol. The molecule has 0 unspecified atom stereocenters. The van der Waals surface area contributed by atoms with Crippen molar-refractivity contribution in [3.8, 4) is 0 Å². The summed E-state index contributed by atoms with van der Waals surface area (Å²) < 4.78 is 5.16. The molecule has 1 aromatic heterocycles. The number of para-hydroxylation sites is 1. The number of nitrogens with one attached hydrogen (secondary N) is 3. The van der Waals surface area contributed by atoms with Gasteiger partial charge in [0, 0.05) is 37.3 Å². The zero-order chi connectivity index (χ0) is 26.4. The molecule has 0 aliphatic carbocycles. The molecule has 2 atom stereocenters. The Kier molecular flexibility index (Phi) is 7.89. The first-order chi connectivity index (χ1) is 17.9. The third-order valence-corrected chi connectivity index (χ3v) is 5.91. The molecule has 0 bridgehead atoms. The van der Waals surface area contributed by atoms with Crippen LogP contribution in [-0.4, -0.2) is 61.4 Å². The minimum Gasteiger partial charge on any atom is -0.388 e. The first-order valence-corrected chi connectivity index (χ1v) is 11.7. The molecule has 2 heterocycles. The smallest absolute Gasteiger partial charge is 0.321 e. The molecule has 1 aliphatic heterocycles. The van der Waals surface area contributed by atoms with Crippen molar-refractivity contribution >= 4 is 40.5 Å². The molecule has 0 fully saturated rings. The van der Waals surface area contributed by atoms with Crippen LogP contribution in [0, 0.1) is 0 Å². The summed E-state index contributed by atoms with van der Waals surface area (Å²) in [6.07, 6.45) is -0.408. The number of carbonyl (C=O) groups is 3. The summed E-state index contributed by atoms with van der Waals surface area (Å²) in [5.74, 6) is -0.854. The van der Waals surface area contributed by atoms with Crippen molar-refractivity contribution in [3.63, 3.8) is 0 Å². The second-order valence-corrected chi connectivity index (χ2v) is 8.31. The maximum Gasteiger partial charge on any atom is 0.321 e. The lowest BCUT2D eigenvalue weighted by molar-refractivity contribution is -0.128. The van der Waals surface area contributed by atoms with E-state index in [-0.39, 0.29) is 12.3 Å². The fourth-order valence-electron chi connectivity index (χ4n) is 3.85. The molecule has 0 saturated heterocycles. The molecule has 3 amide bonds. The van der Waals surface area contributed by atoms with Gasteiger partial charge < -0.3 is 25.6 Å². The topological polar surface area (TPSA) is 125 Å². The lowest BCUT2D eigenvalue weighted by atomic mass is 10.0. The van der Waals surface area contributed by atoms with Crippen LogP contribution < -0.4 is 20.9 Å². The first-order valence-electron chi connectivity index (χ1n) is 11.7. The highest BCUT2D eigenvalue weighted by atomic mass is 16.5. The molecule has 1 aliphatic rings. The third-order valence-electron chi connectivity index (χ3n) is 5.91. The summed E-state index contributed by atoms with van der Waals surface area (Å²) >= 11 is 0. The summed E-state index contributed by atoms with van der Waals surface area (Å²) in [7, 11) is 3.20. The zero-order valence-corrected chi connectivity index (χ0v) is 20.8. The Morgan fingerprint density at radius 3 is 2.54 bits per heavy atom. The predicted octanol–water partition coefficient (Wildman–Crippen LogP) is 3.06. The number of rotatable bonds is 8. The van der Waals surface area contributed by atoms with Gasteiger partial charge in [-0.2, -0.15) is 0 Å². The van der Waals surface area contributed by atoms with Crippen LogP contribution in [0.2, 0.25) is 0 Å². The molecule has 0 radical (unpaired) electrons. The van der Waals surface area contributed by atoms with Crippen LogP contribution in [0.25, 0.3) is 0 Å². The number of aliphatic imine (C=N–C) groups is 1. The van der Waals surface area contributed by atoms with Gasteiger partial charge in [-0.25, -0.2) is 9.79 Å². The lowest BCUT2D eigenvalue weighted by Gasteiger charge is -2.25. The van der Waals surface area contributed by atoms with Crippen LogP contribution in [0.15, 0.2) is 77.9 Å². The zero-order valence-electron chi connectivity index (χ0n) is 20.8. The summed E-state index contributed by atoms with van der Waals surface area (Å²) in [4.78, 5) is 49.9. The number of pyridine rings is 1. The SMILES string of the molecule is CNc1cccc(NC(=O)N[C@@H]2N=C(c3ccccn3)c3ccccc3N(CC(=O)[C@@H](C)OC)C2=O)c1. The van der Waals surface area contributed by atoms with Crippen molar-refractivity contribution in [1.82, 2.24) is 10.3 Å². The van der Waals surface area contributed by atoms with Gasteiger partial charge in [-0.3, -0.25) is 14.6 Å². The highest BCUT2D eigenvalue weighted by Gasteiger charge is 2.35. The van der Waals surface area contributed by atoms with E-state index in [4.69, 9.17) is 4.74 Å². The Morgan fingerprint density at radius 1 is 1.05 bits per heavy atom. The molecule has 3 N–H and O–H groups in total. The minimum atomic E-state index is -1.32. The lowest BCUT2D eigenvalue weighted by Crippen LogP contribution is -2.50. The van der Waals surface area contributed by atoms with Crippen molar-refractivity contribution < 1.29 is 19.1 Å². The maximum atomic E-state index is 13.8. The number of benzene rings is 2. The minimum absolute atomic E-state index is 0.250. The number of amides is 3. The molecule has 0 saturated carbocycles. The predicted molar refractivity (Wildman–Crippen MR) is 142 cm³/mol. The molecule has 3 aromatic rings. The van der Waals surface area contributed by atoms with Crippen molar-refractivity contribution in [2.75, 3.05) is 36.2 Å². The summed E-state index contributed by atoms with van der Waals surface area (Å²) in [5.41, 5.74) is 3.38. The van der Waals surface area contributed by atoms with E-state index in [2.05, 4.69) is 25.9 Å². The number of anilines is 3. The van der Waals surface area contributed by atoms with Crippen LogP contribution in [0.4, 0.5) is 21.9 Å². The average molecular weight is 501 g/mol.